The molecule has 70 valence electrons. The Morgan fingerprint density at radius 2 is 1.93 bits per heavy atom. The lowest BCUT2D eigenvalue weighted by molar-refractivity contribution is 1.06. The van der Waals surface area contributed by atoms with E-state index in [1.807, 2.05) is 24.3 Å². The van der Waals surface area contributed by atoms with Crippen LogP contribution in [0.1, 0.15) is 5.69 Å². The normalized spacial score (nSPS) is 10.3. The van der Waals surface area contributed by atoms with Gasteiger partial charge in [-0.05, 0) is 6.07 Å². The van der Waals surface area contributed by atoms with Crippen molar-refractivity contribution in [3.8, 4) is 0 Å². The zero-order valence-electron chi connectivity index (χ0n) is 7.27. The van der Waals surface area contributed by atoms with Crippen LogP contribution < -0.4 is 11.5 Å². The molecule has 4 N–H and O–H groups in total. The summed E-state index contributed by atoms with van der Waals surface area (Å²) in [7, 11) is 0. The number of hydrogen-bond donors (Lipinski definition) is 2. The van der Waals surface area contributed by atoms with Crippen LogP contribution in [-0.2, 0) is 0 Å². The number of thiocarbonyl (C=S) groups is 1. The smallest absolute Gasteiger partial charge is 0.143 e. The maximum atomic E-state index is 5.85. The van der Waals surface area contributed by atoms with E-state index in [0.717, 1.165) is 10.9 Å². The van der Waals surface area contributed by atoms with Gasteiger partial charge in [0.1, 0.15) is 10.7 Å². The third-order valence-corrected chi connectivity index (χ3v) is 2.13. The highest BCUT2D eigenvalue weighted by molar-refractivity contribution is 7.80. The van der Waals surface area contributed by atoms with Crippen LogP contribution in [0.4, 0.5) is 5.69 Å². The fraction of sp³-hybridized carbons (Fsp3) is 0. The van der Waals surface area contributed by atoms with Gasteiger partial charge >= 0.3 is 0 Å². The number of fused-ring (bicyclic) bond motifs is 1. The Balaban J connectivity index is 2.81. The zero-order valence-corrected chi connectivity index (χ0v) is 8.08. The molecule has 0 unspecified atom stereocenters. The lowest BCUT2D eigenvalue weighted by Gasteiger charge is -2.04. The summed E-state index contributed by atoms with van der Waals surface area (Å²) in [5.74, 6) is 0. The van der Waals surface area contributed by atoms with Crippen molar-refractivity contribution in [1.29, 1.82) is 0 Å². The Morgan fingerprint density at radius 1 is 1.21 bits per heavy atom. The van der Waals surface area contributed by atoms with Crippen LogP contribution in [0.3, 0.4) is 0 Å². The highest BCUT2D eigenvalue weighted by Crippen LogP contribution is 2.20. The van der Waals surface area contributed by atoms with Gasteiger partial charge in [-0.15, -0.1) is 10.2 Å². The van der Waals surface area contributed by atoms with Crippen LogP contribution in [0.5, 0.6) is 0 Å². The average Bonchev–Trinajstić information content (AvgIpc) is 2.18. The quantitative estimate of drug-likeness (QED) is 0.673. The van der Waals surface area contributed by atoms with Crippen molar-refractivity contribution in [3.63, 3.8) is 0 Å². The number of benzene rings is 1. The fourth-order valence-electron chi connectivity index (χ4n) is 1.26. The Hall–Kier alpha value is -1.75. The van der Waals surface area contributed by atoms with Gasteiger partial charge in [0.2, 0.25) is 0 Å². The van der Waals surface area contributed by atoms with E-state index >= 15 is 0 Å². The summed E-state index contributed by atoms with van der Waals surface area (Å²) in [4.78, 5) is 0.167. The van der Waals surface area contributed by atoms with Crippen LogP contribution in [-0.4, -0.2) is 15.2 Å². The molecule has 0 fully saturated rings. The molecule has 1 aromatic carbocycles. The largest absolute Gasteiger partial charge is 0.396 e. The monoisotopic (exact) mass is 204 g/mol. The molecule has 0 saturated carbocycles. The van der Waals surface area contributed by atoms with Crippen molar-refractivity contribution >= 4 is 33.8 Å². The van der Waals surface area contributed by atoms with Crippen LogP contribution in [0.2, 0.25) is 0 Å². The molecule has 0 aliphatic rings. The minimum Gasteiger partial charge on any atom is -0.396 e. The molecule has 2 rings (SSSR count). The molecule has 4 nitrogen and oxygen atoms in total. The van der Waals surface area contributed by atoms with E-state index in [9.17, 15) is 0 Å². The average molecular weight is 204 g/mol. The second-order valence-electron chi connectivity index (χ2n) is 2.84. The summed E-state index contributed by atoms with van der Waals surface area (Å²) in [6, 6.07) is 7.45. The van der Waals surface area contributed by atoms with Crippen molar-refractivity contribution in [1.82, 2.24) is 10.2 Å². The van der Waals surface area contributed by atoms with Gasteiger partial charge in [0.25, 0.3) is 0 Å². The lowest BCUT2D eigenvalue weighted by Crippen LogP contribution is -2.15. The van der Waals surface area contributed by atoms with Crippen LogP contribution >= 0.6 is 12.2 Å². The fourth-order valence-corrected chi connectivity index (χ4v) is 1.41. The SMILES string of the molecule is NC(=S)c1nnc2ccccc2c1N. The molecule has 0 radical (unpaired) electrons. The standard InChI is InChI=1S/C9H8N4S/c10-7-5-3-1-2-4-6(5)12-13-8(7)9(11)14/h1-4H,(H2,10,12)(H2,11,14). The first kappa shape index (κ1) is 8.83. The summed E-state index contributed by atoms with van der Waals surface area (Å²) in [6.07, 6.45) is 0. The molecular formula is C9H8N4S. The van der Waals surface area contributed by atoms with Crippen LogP contribution in [0.15, 0.2) is 24.3 Å². The van der Waals surface area contributed by atoms with E-state index < -0.39 is 0 Å². The predicted octanol–water partition coefficient (Wildman–Crippen LogP) is 0.846. The van der Waals surface area contributed by atoms with E-state index in [4.69, 9.17) is 23.7 Å². The summed E-state index contributed by atoms with van der Waals surface area (Å²) in [6.45, 7) is 0. The highest BCUT2D eigenvalue weighted by Gasteiger charge is 2.08. The zero-order chi connectivity index (χ0) is 10.1. The van der Waals surface area contributed by atoms with Gasteiger partial charge < -0.3 is 11.5 Å². The topological polar surface area (TPSA) is 77.8 Å². The van der Waals surface area contributed by atoms with E-state index in [1.54, 1.807) is 0 Å². The Kier molecular flexibility index (Phi) is 2.01. The van der Waals surface area contributed by atoms with Crippen molar-refractivity contribution < 1.29 is 0 Å². The number of nitrogen functional groups attached to an aromatic ring is 1. The second kappa shape index (κ2) is 3.19. The molecule has 0 amide bonds. The summed E-state index contributed by atoms with van der Waals surface area (Å²) < 4.78 is 0. The van der Waals surface area contributed by atoms with Gasteiger partial charge in [-0.25, -0.2) is 0 Å². The summed E-state index contributed by atoms with van der Waals surface area (Å²) in [5, 5.41) is 8.65. The number of nitrogens with two attached hydrogens (primary N) is 2. The molecule has 0 aliphatic heterocycles. The molecule has 1 aromatic heterocycles. The first-order valence-corrected chi connectivity index (χ1v) is 4.41. The molecule has 14 heavy (non-hydrogen) atoms. The first-order chi connectivity index (χ1) is 6.70. The number of anilines is 1. The Bertz CT molecular complexity index is 509. The van der Waals surface area contributed by atoms with Gasteiger partial charge in [0, 0.05) is 5.39 Å². The molecule has 0 aliphatic carbocycles. The van der Waals surface area contributed by atoms with Gasteiger partial charge in [-0.1, -0.05) is 30.4 Å². The Morgan fingerprint density at radius 3 is 2.64 bits per heavy atom. The maximum Gasteiger partial charge on any atom is 0.143 e. The second-order valence-corrected chi connectivity index (χ2v) is 3.28. The molecule has 0 saturated heterocycles. The predicted molar refractivity (Wildman–Crippen MR) is 59.8 cm³/mol. The highest BCUT2D eigenvalue weighted by atomic mass is 32.1. The van der Waals surface area contributed by atoms with Crippen molar-refractivity contribution in [2.75, 3.05) is 5.73 Å². The van der Waals surface area contributed by atoms with Crippen molar-refractivity contribution in [3.05, 3.63) is 30.0 Å². The number of hydrogen-bond acceptors (Lipinski definition) is 4. The molecule has 0 bridgehead atoms. The van der Waals surface area contributed by atoms with E-state index in [1.165, 1.54) is 0 Å². The third kappa shape index (κ3) is 1.27. The summed E-state index contributed by atoms with van der Waals surface area (Å²) >= 11 is 4.81. The maximum absolute atomic E-state index is 5.85. The molecule has 2 aromatic rings. The first-order valence-electron chi connectivity index (χ1n) is 4.01. The van der Waals surface area contributed by atoms with Gasteiger partial charge in [-0.2, -0.15) is 0 Å². The molecule has 0 atom stereocenters. The van der Waals surface area contributed by atoms with E-state index in [0.29, 0.717) is 11.4 Å². The summed E-state index contributed by atoms with van der Waals surface area (Å²) in [5.41, 5.74) is 12.9. The molecule has 0 spiro atoms. The van der Waals surface area contributed by atoms with Gasteiger partial charge in [-0.3, -0.25) is 0 Å². The number of rotatable bonds is 1. The third-order valence-electron chi connectivity index (χ3n) is 1.94. The van der Waals surface area contributed by atoms with Gasteiger partial charge in [0.05, 0.1) is 11.2 Å². The van der Waals surface area contributed by atoms with Crippen molar-refractivity contribution in [2.45, 2.75) is 0 Å². The molecular weight excluding hydrogens is 196 g/mol. The Labute approximate surface area is 85.9 Å². The number of aromatic nitrogens is 2. The molecule has 1 heterocycles. The van der Waals surface area contributed by atoms with Crippen LogP contribution in [0.25, 0.3) is 10.9 Å². The molecule has 5 heteroatoms. The van der Waals surface area contributed by atoms with Gasteiger partial charge in [0.15, 0.2) is 0 Å². The van der Waals surface area contributed by atoms with E-state index in [2.05, 4.69) is 10.2 Å². The minimum atomic E-state index is 0.167. The van der Waals surface area contributed by atoms with E-state index in [-0.39, 0.29) is 4.99 Å². The minimum absolute atomic E-state index is 0.167. The lowest BCUT2D eigenvalue weighted by atomic mass is 10.2. The van der Waals surface area contributed by atoms with Crippen molar-refractivity contribution in [2.24, 2.45) is 5.73 Å². The van der Waals surface area contributed by atoms with Crippen LogP contribution in [0, 0.1) is 0 Å². The number of nitrogens with zero attached hydrogens (tertiary/aromatic N) is 2.